The second-order valence-electron chi connectivity index (χ2n) is 6.62. The largest absolute Gasteiger partial charge is 0.356 e. The van der Waals surface area contributed by atoms with Crippen molar-refractivity contribution in [1.82, 2.24) is 9.97 Å². The van der Waals surface area contributed by atoms with E-state index in [4.69, 9.17) is 4.98 Å². The molecule has 3 heterocycles. The molecule has 0 amide bonds. The average Bonchev–Trinajstić information content (AvgIpc) is 2.61. The van der Waals surface area contributed by atoms with Crippen LogP contribution < -0.4 is 9.80 Å². The molecule has 0 unspecified atom stereocenters. The van der Waals surface area contributed by atoms with Crippen molar-refractivity contribution in [2.24, 2.45) is 0 Å². The third-order valence-electron chi connectivity index (χ3n) is 4.95. The summed E-state index contributed by atoms with van der Waals surface area (Å²) in [5.41, 5.74) is 2.90. The van der Waals surface area contributed by atoms with Gasteiger partial charge in [-0.2, -0.15) is 0 Å². The van der Waals surface area contributed by atoms with E-state index in [1.165, 1.54) is 30.4 Å². The fourth-order valence-electron chi connectivity index (χ4n) is 3.67. The molecule has 0 saturated carbocycles. The molecule has 2 aromatic rings. The maximum atomic E-state index is 4.71. The summed E-state index contributed by atoms with van der Waals surface area (Å²) >= 11 is 0. The van der Waals surface area contributed by atoms with Crippen LogP contribution in [0.5, 0.6) is 0 Å². The number of rotatable bonds is 2. The van der Waals surface area contributed by atoms with Crippen LogP contribution in [0.1, 0.15) is 36.2 Å². The van der Waals surface area contributed by atoms with Crippen molar-refractivity contribution in [2.75, 3.05) is 29.4 Å². The molecule has 4 rings (SSSR count). The van der Waals surface area contributed by atoms with Crippen LogP contribution in [0.15, 0.2) is 30.3 Å². The van der Waals surface area contributed by atoms with Crippen molar-refractivity contribution in [3.05, 3.63) is 47.3 Å². The summed E-state index contributed by atoms with van der Waals surface area (Å²) in [6.07, 6.45) is 4.99. The summed E-state index contributed by atoms with van der Waals surface area (Å²) < 4.78 is 0. The lowest BCUT2D eigenvalue weighted by atomic mass is 10.00. The third kappa shape index (κ3) is 3.03. The fraction of sp³-hybridized carbons (Fsp3) is 0.474. The average molecular weight is 308 g/mol. The van der Waals surface area contributed by atoms with Gasteiger partial charge in [-0.3, -0.25) is 0 Å². The monoisotopic (exact) mass is 308 g/mol. The molecular formula is C19H24N4. The lowest BCUT2D eigenvalue weighted by Gasteiger charge is -2.32. The van der Waals surface area contributed by atoms with Crippen molar-refractivity contribution in [2.45, 2.75) is 39.2 Å². The fourth-order valence-corrected chi connectivity index (χ4v) is 3.67. The second kappa shape index (κ2) is 6.19. The summed E-state index contributed by atoms with van der Waals surface area (Å²) in [5, 5.41) is 0. The van der Waals surface area contributed by atoms with Crippen molar-refractivity contribution in [1.29, 1.82) is 0 Å². The zero-order valence-electron chi connectivity index (χ0n) is 13.8. The van der Waals surface area contributed by atoms with Crippen LogP contribution in [-0.4, -0.2) is 29.6 Å². The Labute approximate surface area is 138 Å². The van der Waals surface area contributed by atoms with Crippen LogP contribution in [0, 0.1) is 6.92 Å². The zero-order valence-corrected chi connectivity index (χ0v) is 13.8. The van der Waals surface area contributed by atoms with Crippen molar-refractivity contribution < 1.29 is 0 Å². The van der Waals surface area contributed by atoms with E-state index in [-0.39, 0.29) is 0 Å². The molecule has 0 atom stereocenters. The number of hydrogen-bond donors (Lipinski definition) is 0. The van der Waals surface area contributed by atoms with Crippen LogP contribution in [0.25, 0.3) is 0 Å². The molecule has 0 aliphatic carbocycles. The molecule has 1 saturated heterocycles. The first-order valence-electron chi connectivity index (χ1n) is 8.72. The summed E-state index contributed by atoms with van der Waals surface area (Å²) in [6.45, 7) is 6.24. The molecule has 23 heavy (non-hydrogen) atoms. The highest BCUT2D eigenvalue weighted by Crippen LogP contribution is 2.26. The summed E-state index contributed by atoms with van der Waals surface area (Å²) in [5.74, 6) is 3.06. The molecule has 4 heteroatoms. The SMILES string of the molecule is Cc1nc(N2CCCCC2)cc(N2CCc3ccccc3C2)n1. The first-order valence-corrected chi connectivity index (χ1v) is 8.72. The Morgan fingerprint density at radius 1 is 0.826 bits per heavy atom. The highest BCUT2D eigenvalue weighted by Gasteiger charge is 2.20. The maximum Gasteiger partial charge on any atom is 0.134 e. The van der Waals surface area contributed by atoms with Crippen molar-refractivity contribution >= 4 is 11.6 Å². The minimum absolute atomic E-state index is 0.877. The van der Waals surface area contributed by atoms with Gasteiger partial charge in [0.2, 0.25) is 0 Å². The van der Waals surface area contributed by atoms with Gasteiger partial charge in [-0.1, -0.05) is 24.3 Å². The molecule has 4 nitrogen and oxygen atoms in total. The third-order valence-corrected chi connectivity index (χ3v) is 4.95. The Balaban J connectivity index is 1.60. The van der Waals surface area contributed by atoms with Crippen molar-refractivity contribution in [3.63, 3.8) is 0 Å². The molecule has 120 valence electrons. The number of piperidine rings is 1. The smallest absolute Gasteiger partial charge is 0.134 e. The normalized spacial score (nSPS) is 18.0. The maximum absolute atomic E-state index is 4.71. The lowest BCUT2D eigenvalue weighted by Crippen LogP contribution is -2.33. The van der Waals surface area contributed by atoms with Crippen LogP contribution >= 0.6 is 0 Å². The van der Waals surface area contributed by atoms with Gasteiger partial charge in [0.1, 0.15) is 17.5 Å². The molecule has 0 radical (unpaired) electrons. The number of aryl methyl sites for hydroxylation is 1. The molecule has 0 spiro atoms. The Hall–Kier alpha value is -2.10. The lowest BCUT2D eigenvalue weighted by molar-refractivity contribution is 0.572. The first-order chi connectivity index (χ1) is 11.3. The predicted octanol–water partition coefficient (Wildman–Crippen LogP) is 3.34. The molecule has 1 aromatic heterocycles. The first kappa shape index (κ1) is 14.5. The molecule has 0 N–H and O–H groups in total. The standard InChI is InChI=1S/C19H24N4/c1-15-20-18(22-10-5-2-6-11-22)13-19(21-15)23-12-9-16-7-3-4-8-17(16)14-23/h3-4,7-8,13H,2,5-6,9-12,14H2,1H3. The zero-order chi connectivity index (χ0) is 15.6. The number of aromatic nitrogens is 2. The summed E-state index contributed by atoms with van der Waals surface area (Å²) in [4.78, 5) is 14.2. The van der Waals surface area contributed by atoms with Gasteiger partial charge in [-0.05, 0) is 43.7 Å². The van der Waals surface area contributed by atoms with Gasteiger partial charge in [-0.15, -0.1) is 0 Å². The van der Waals surface area contributed by atoms with Crippen LogP contribution in [0.3, 0.4) is 0 Å². The highest BCUT2D eigenvalue weighted by molar-refractivity contribution is 5.53. The van der Waals surface area contributed by atoms with Gasteiger partial charge in [0.05, 0.1) is 0 Å². The van der Waals surface area contributed by atoms with Crippen LogP contribution in [0.2, 0.25) is 0 Å². The number of fused-ring (bicyclic) bond motifs is 1. The Morgan fingerprint density at radius 2 is 1.52 bits per heavy atom. The number of benzene rings is 1. The van der Waals surface area contributed by atoms with E-state index in [0.717, 1.165) is 50.1 Å². The molecule has 1 fully saturated rings. The Kier molecular flexibility index (Phi) is 3.90. The van der Waals surface area contributed by atoms with E-state index in [0.29, 0.717) is 0 Å². The Bertz CT molecular complexity index is 692. The van der Waals surface area contributed by atoms with Crippen molar-refractivity contribution in [3.8, 4) is 0 Å². The number of anilines is 2. The topological polar surface area (TPSA) is 32.3 Å². The predicted molar refractivity (Wildman–Crippen MR) is 94.0 cm³/mol. The van der Waals surface area contributed by atoms with Gasteiger partial charge in [0.15, 0.2) is 0 Å². The molecular weight excluding hydrogens is 284 g/mol. The van der Waals surface area contributed by atoms with E-state index in [9.17, 15) is 0 Å². The summed E-state index contributed by atoms with van der Waals surface area (Å²) in [7, 11) is 0. The van der Waals surface area contributed by atoms with E-state index >= 15 is 0 Å². The highest BCUT2D eigenvalue weighted by atomic mass is 15.2. The van der Waals surface area contributed by atoms with Gasteiger partial charge in [0, 0.05) is 32.2 Å². The van der Waals surface area contributed by atoms with E-state index < -0.39 is 0 Å². The van der Waals surface area contributed by atoms with E-state index in [1.807, 2.05) is 6.92 Å². The molecule has 2 aliphatic heterocycles. The molecule has 2 aliphatic rings. The van der Waals surface area contributed by atoms with Gasteiger partial charge < -0.3 is 9.80 Å². The van der Waals surface area contributed by atoms with E-state index in [2.05, 4.69) is 45.1 Å². The van der Waals surface area contributed by atoms with Gasteiger partial charge >= 0.3 is 0 Å². The number of hydrogen-bond acceptors (Lipinski definition) is 4. The second-order valence-corrected chi connectivity index (χ2v) is 6.62. The molecule has 0 bridgehead atoms. The Morgan fingerprint density at radius 3 is 2.30 bits per heavy atom. The quantitative estimate of drug-likeness (QED) is 0.852. The minimum atomic E-state index is 0.877. The minimum Gasteiger partial charge on any atom is -0.356 e. The van der Waals surface area contributed by atoms with Crippen LogP contribution in [-0.2, 0) is 13.0 Å². The summed E-state index contributed by atoms with van der Waals surface area (Å²) in [6, 6.07) is 10.9. The van der Waals surface area contributed by atoms with Gasteiger partial charge in [-0.25, -0.2) is 9.97 Å². The van der Waals surface area contributed by atoms with Crippen LogP contribution in [0.4, 0.5) is 11.6 Å². The molecule has 1 aromatic carbocycles. The van der Waals surface area contributed by atoms with E-state index in [1.54, 1.807) is 0 Å². The van der Waals surface area contributed by atoms with Gasteiger partial charge in [0.25, 0.3) is 0 Å². The number of nitrogens with zero attached hydrogens (tertiary/aromatic N) is 4.